The van der Waals surface area contributed by atoms with Crippen LogP contribution in [0.5, 0.6) is 0 Å². The van der Waals surface area contributed by atoms with Crippen molar-refractivity contribution in [3.63, 3.8) is 0 Å². The van der Waals surface area contributed by atoms with Crippen LogP contribution in [-0.2, 0) is 0 Å². The van der Waals surface area contributed by atoms with Gasteiger partial charge in [-0.25, -0.2) is 0 Å². The Morgan fingerprint density at radius 2 is 1.06 bits per heavy atom. The average Bonchev–Trinajstić information content (AvgIpc) is 2.63. The predicted octanol–water partition coefficient (Wildman–Crippen LogP) is 1.84. The molecule has 0 saturated carbocycles. The van der Waals surface area contributed by atoms with Crippen LogP contribution >= 0.6 is 0 Å². The molecule has 1 aliphatic carbocycles. The van der Waals surface area contributed by atoms with Gasteiger partial charge in [0.05, 0.1) is 12.1 Å². The summed E-state index contributed by atoms with van der Waals surface area (Å²) in [6.07, 6.45) is 0. The fourth-order valence-corrected chi connectivity index (χ4v) is 3.32. The monoisotopic (exact) mass is 247 g/mol. The van der Waals surface area contributed by atoms with E-state index >= 15 is 0 Å². The molecule has 3 heteroatoms. The van der Waals surface area contributed by atoms with Gasteiger partial charge in [-0.2, -0.15) is 0 Å². The van der Waals surface area contributed by atoms with E-state index in [1.807, 2.05) is 0 Å². The first kappa shape index (κ1) is 13.5. The molecule has 1 aromatic carbocycles. The van der Waals surface area contributed by atoms with Crippen molar-refractivity contribution in [2.24, 2.45) is 0 Å². The second-order valence-electron chi connectivity index (χ2n) is 5.90. The molecule has 3 nitrogen and oxygen atoms in total. The van der Waals surface area contributed by atoms with Crippen LogP contribution in [0.1, 0.15) is 23.2 Å². The lowest BCUT2D eigenvalue weighted by Gasteiger charge is -2.37. The van der Waals surface area contributed by atoms with Gasteiger partial charge in [-0.1, -0.05) is 24.3 Å². The molecule has 2 unspecified atom stereocenters. The third kappa shape index (κ3) is 2.07. The SMILES string of the molecule is CN(C)C1c2ccccc2C(N(C)C)C1N(C)C. The third-order valence-corrected chi connectivity index (χ3v) is 3.99. The molecule has 1 aliphatic rings. The van der Waals surface area contributed by atoms with E-state index in [0.717, 1.165) is 0 Å². The van der Waals surface area contributed by atoms with E-state index in [2.05, 4.69) is 81.3 Å². The van der Waals surface area contributed by atoms with Gasteiger partial charge in [-0.05, 0) is 53.4 Å². The van der Waals surface area contributed by atoms with Gasteiger partial charge in [-0.15, -0.1) is 0 Å². The molecular weight excluding hydrogens is 222 g/mol. The van der Waals surface area contributed by atoms with Crippen LogP contribution in [0.2, 0.25) is 0 Å². The maximum absolute atomic E-state index is 2.36. The molecule has 100 valence electrons. The molecule has 0 aromatic heterocycles. The Kier molecular flexibility index (Phi) is 3.76. The summed E-state index contributed by atoms with van der Waals surface area (Å²) in [5.74, 6) is 0. The van der Waals surface area contributed by atoms with Crippen LogP contribution in [0.3, 0.4) is 0 Å². The highest BCUT2D eigenvalue weighted by Gasteiger charge is 2.43. The van der Waals surface area contributed by atoms with Gasteiger partial charge in [0.2, 0.25) is 0 Å². The molecule has 0 radical (unpaired) electrons. The molecule has 0 N–H and O–H groups in total. The highest BCUT2D eigenvalue weighted by molar-refractivity contribution is 5.40. The molecule has 1 aromatic rings. The van der Waals surface area contributed by atoms with Crippen molar-refractivity contribution in [1.29, 1.82) is 0 Å². The maximum atomic E-state index is 2.36. The van der Waals surface area contributed by atoms with Gasteiger partial charge >= 0.3 is 0 Å². The second-order valence-corrected chi connectivity index (χ2v) is 5.90. The van der Waals surface area contributed by atoms with Gasteiger partial charge in [-0.3, -0.25) is 0 Å². The fraction of sp³-hybridized carbons (Fsp3) is 0.600. The Bertz CT molecular complexity index is 377. The zero-order valence-corrected chi connectivity index (χ0v) is 12.4. The standard InChI is InChI=1S/C15H25N3/c1-16(2)13-11-9-7-8-10-12(11)14(17(3)4)15(13)18(5)6/h7-10,13-15H,1-6H3. The van der Waals surface area contributed by atoms with Crippen molar-refractivity contribution in [2.45, 2.75) is 18.1 Å². The number of hydrogen-bond donors (Lipinski definition) is 0. The smallest absolute Gasteiger partial charge is 0.0520 e. The van der Waals surface area contributed by atoms with E-state index in [1.54, 1.807) is 0 Å². The van der Waals surface area contributed by atoms with Crippen LogP contribution in [0.4, 0.5) is 0 Å². The summed E-state index contributed by atoms with van der Waals surface area (Å²) in [6, 6.07) is 10.3. The lowest BCUT2D eigenvalue weighted by Crippen LogP contribution is -2.43. The quantitative estimate of drug-likeness (QED) is 0.807. The number of rotatable bonds is 3. The molecular formula is C15H25N3. The van der Waals surface area contributed by atoms with Crippen molar-refractivity contribution in [3.8, 4) is 0 Å². The molecule has 2 rings (SSSR count). The molecule has 2 atom stereocenters. The van der Waals surface area contributed by atoms with Gasteiger partial charge in [0.25, 0.3) is 0 Å². The van der Waals surface area contributed by atoms with Gasteiger partial charge in [0.1, 0.15) is 0 Å². The van der Waals surface area contributed by atoms with Crippen molar-refractivity contribution in [1.82, 2.24) is 14.7 Å². The van der Waals surface area contributed by atoms with E-state index in [1.165, 1.54) is 11.1 Å². The summed E-state index contributed by atoms with van der Waals surface area (Å²) < 4.78 is 0. The van der Waals surface area contributed by atoms with Crippen LogP contribution < -0.4 is 0 Å². The number of benzene rings is 1. The zero-order chi connectivity index (χ0) is 13.4. The molecule has 0 heterocycles. The van der Waals surface area contributed by atoms with E-state index in [-0.39, 0.29) is 0 Å². The molecule has 0 aliphatic heterocycles. The minimum atomic E-state index is 0.462. The third-order valence-electron chi connectivity index (χ3n) is 3.99. The summed E-state index contributed by atoms with van der Waals surface area (Å²) in [4.78, 5) is 7.04. The van der Waals surface area contributed by atoms with Crippen LogP contribution in [0.15, 0.2) is 24.3 Å². The number of hydrogen-bond acceptors (Lipinski definition) is 3. The van der Waals surface area contributed by atoms with Gasteiger partial charge < -0.3 is 14.7 Å². The predicted molar refractivity (Wildman–Crippen MR) is 76.8 cm³/mol. The summed E-state index contributed by atoms with van der Waals surface area (Å²) in [7, 11) is 13.1. The Balaban J connectivity index is 2.53. The lowest BCUT2D eigenvalue weighted by atomic mass is 10.0. The first-order chi connectivity index (χ1) is 8.45. The largest absolute Gasteiger partial charge is 0.303 e. The summed E-state index contributed by atoms with van der Waals surface area (Å²) in [5, 5.41) is 0. The molecule has 18 heavy (non-hydrogen) atoms. The summed E-state index contributed by atoms with van der Waals surface area (Å²) >= 11 is 0. The average molecular weight is 247 g/mol. The first-order valence-corrected chi connectivity index (χ1v) is 6.53. The van der Waals surface area contributed by atoms with Crippen molar-refractivity contribution < 1.29 is 0 Å². The van der Waals surface area contributed by atoms with Crippen LogP contribution in [-0.4, -0.2) is 63.0 Å². The normalized spacial score (nSPS) is 27.3. The van der Waals surface area contributed by atoms with Crippen LogP contribution in [0.25, 0.3) is 0 Å². The van der Waals surface area contributed by atoms with Crippen molar-refractivity contribution in [2.75, 3.05) is 42.3 Å². The topological polar surface area (TPSA) is 9.72 Å². The van der Waals surface area contributed by atoms with E-state index in [9.17, 15) is 0 Å². The molecule has 0 fully saturated rings. The minimum Gasteiger partial charge on any atom is -0.303 e. The minimum absolute atomic E-state index is 0.462. The number of fused-ring (bicyclic) bond motifs is 1. The molecule has 0 spiro atoms. The van der Waals surface area contributed by atoms with Crippen molar-refractivity contribution in [3.05, 3.63) is 35.4 Å². The van der Waals surface area contributed by atoms with Crippen LogP contribution in [0, 0.1) is 0 Å². The molecule has 0 bridgehead atoms. The summed E-state index contributed by atoms with van der Waals surface area (Å²) in [5.41, 5.74) is 2.94. The Hall–Kier alpha value is -0.900. The van der Waals surface area contributed by atoms with E-state index < -0.39 is 0 Å². The van der Waals surface area contributed by atoms with Gasteiger partial charge in [0.15, 0.2) is 0 Å². The highest BCUT2D eigenvalue weighted by atomic mass is 15.3. The molecule has 0 saturated heterocycles. The zero-order valence-electron chi connectivity index (χ0n) is 12.4. The Morgan fingerprint density at radius 3 is 1.33 bits per heavy atom. The van der Waals surface area contributed by atoms with E-state index in [4.69, 9.17) is 0 Å². The van der Waals surface area contributed by atoms with Gasteiger partial charge in [0, 0.05) is 6.04 Å². The fourth-order valence-electron chi connectivity index (χ4n) is 3.32. The first-order valence-electron chi connectivity index (χ1n) is 6.53. The second kappa shape index (κ2) is 5.00. The number of nitrogens with zero attached hydrogens (tertiary/aromatic N) is 3. The highest BCUT2D eigenvalue weighted by Crippen LogP contribution is 2.45. The maximum Gasteiger partial charge on any atom is 0.0520 e. The molecule has 0 amide bonds. The summed E-state index contributed by atoms with van der Waals surface area (Å²) in [6.45, 7) is 0. The number of likely N-dealkylation sites (N-methyl/N-ethyl adjacent to an activating group) is 3. The van der Waals surface area contributed by atoms with Crippen molar-refractivity contribution >= 4 is 0 Å². The Morgan fingerprint density at radius 1 is 0.667 bits per heavy atom. The Labute approximate surface area is 111 Å². The lowest BCUT2D eigenvalue weighted by molar-refractivity contribution is 0.0964. The van der Waals surface area contributed by atoms with E-state index in [0.29, 0.717) is 18.1 Å².